The second kappa shape index (κ2) is 7.64. The molecule has 0 aliphatic carbocycles. The number of halogens is 3. The lowest BCUT2D eigenvalue weighted by Crippen LogP contribution is -2.50. The third kappa shape index (κ3) is 3.74. The van der Waals surface area contributed by atoms with E-state index in [1.54, 1.807) is 6.92 Å². The predicted molar refractivity (Wildman–Crippen MR) is 126 cm³/mol. The predicted octanol–water partition coefficient (Wildman–Crippen LogP) is 5.95. The third-order valence-corrected chi connectivity index (χ3v) is 13.1. The maximum atomic E-state index is 13.6. The Hall–Kier alpha value is -2.22. The van der Waals surface area contributed by atoms with Gasteiger partial charge in [0.15, 0.2) is 14.0 Å². The van der Waals surface area contributed by atoms with Gasteiger partial charge < -0.3 is 9.16 Å². The van der Waals surface area contributed by atoms with Gasteiger partial charge in [-0.15, -0.1) is 0 Å². The zero-order valence-electron chi connectivity index (χ0n) is 21.0. The highest BCUT2D eigenvalue weighted by Crippen LogP contribution is 2.63. The molecule has 35 heavy (non-hydrogen) atoms. The molecule has 2 amide bonds. The number of nitrogens with zero attached hydrogens (tertiary/aromatic N) is 2. The number of carbonyl (C=O) groups is 2. The lowest BCUT2D eigenvalue weighted by atomic mass is 9.64. The Morgan fingerprint density at radius 1 is 1.17 bits per heavy atom. The molecule has 1 aromatic carbocycles. The third-order valence-electron chi connectivity index (χ3n) is 8.61. The Balaban J connectivity index is 1.67. The highest BCUT2D eigenvalue weighted by Gasteiger charge is 2.75. The summed E-state index contributed by atoms with van der Waals surface area (Å²) in [6.07, 6.45) is -4.26. The van der Waals surface area contributed by atoms with Gasteiger partial charge in [0.25, 0.3) is 0 Å². The summed E-state index contributed by atoms with van der Waals surface area (Å²) in [5.41, 5.74) is -3.79. The Morgan fingerprint density at radius 2 is 1.77 bits per heavy atom. The number of ether oxygens (including phenoxy) is 1. The van der Waals surface area contributed by atoms with Crippen molar-refractivity contribution in [1.29, 1.82) is 0 Å². The Morgan fingerprint density at radius 3 is 2.31 bits per heavy atom. The van der Waals surface area contributed by atoms with E-state index in [0.717, 1.165) is 17.0 Å². The van der Waals surface area contributed by atoms with Gasteiger partial charge in [0, 0.05) is 18.2 Å². The van der Waals surface area contributed by atoms with Crippen molar-refractivity contribution < 1.29 is 31.9 Å². The number of hydrogen-bond acceptors (Lipinski definition) is 4. The van der Waals surface area contributed by atoms with Crippen molar-refractivity contribution in [3.8, 4) is 0 Å². The first-order valence-electron chi connectivity index (χ1n) is 11.7. The number of benzene rings is 1. The molecule has 0 saturated carbocycles. The van der Waals surface area contributed by atoms with Crippen LogP contribution in [0.2, 0.25) is 18.1 Å². The summed E-state index contributed by atoms with van der Waals surface area (Å²) < 4.78 is 53.4. The van der Waals surface area contributed by atoms with E-state index in [2.05, 4.69) is 38.7 Å². The first kappa shape index (κ1) is 25.9. The zero-order chi connectivity index (χ0) is 26.4. The fourth-order valence-corrected chi connectivity index (χ4v) is 6.73. The Kier molecular flexibility index (Phi) is 5.64. The molecule has 2 unspecified atom stereocenters. The molecule has 4 rings (SSSR count). The first-order chi connectivity index (χ1) is 15.9. The average molecular weight is 509 g/mol. The van der Waals surface area contributed by atoms with Crippen LogP contribution in [-0.4, -0.2) is 37.9 Å². The van der Waals surface area contributed by atoms with E-state index in [1.165, 1.54) is 6.07 Å². The van der Waals surface area contributed by atoms with Crippen molar-refractivity contribution in [2.24, 2.45) is 17.8 Å². The number of hydrogen-bond donors (Lipinski definition) is 0. The van der Waals surface area contributed by atoms with Crippen molar-refractivity contribution in [1.82, 2.24) is 0 Å². The topological polar surface area (TPSA) is 60.2 Å². The van der Waals surface area contributed by atoms with E-state index in [9.17, 15) is 22.8 Å². The molecule has 0 radical (unpaired) electrons. The summed E-state index contributed by atoms with van der Waals surface area (Å²) in [6, 6.07) is 2.95. The van der Waals surface area contributed by atoms with E-state index in [-0.39, 0.29) is 16.6 Å². The van der Waals surface area contributed by atoms with Crippen LogP contribution in [0, 0.1) is 24.3 Å². The number of alkyl halides is 3. The highest BCUT2D eigenvalue weighted by atomic mass is 28.4. The van der Waals surface area contributed by atoms with Gasteiger partial charge in [0.05, 0.1) is 35.2 Å². The summed E-state index contributed by atoms with van der Waals surface area (Å²) in [5.74, 6) is -2.84. The van der Waals surface area contributed by atoms with Gasteiger partial charge in [-0.2, -0.15) is 13.2 Å². The van der Waals surface area contributed by atoms with E-state index in [4.69, 9.17) is 15.7 Å². The highest BCUT2D eigenvalue weighted by molar-refractivity contribution is 6.74. The van der Waals surface area contributed by atoms with Gasteiger partial charge in [-0.3, -0.25) is 9.59 Å². The fraction of sp³-hybridized carbons (Fsp3) is 0.640. The molecule has 6 nitrogen and oxygen atoms in total. The molecular weight excluding hydrogens is 477 g/mol. The van der Waals surface area contributed by atoms with Crippen molar-refractivity contribution in [2.75, 3.05) is 11.5 Å². The maximum Gasteiger partial charge on any atom is 0.407 e. The fourth-order valence-electron chi connectivity index (χ4n) is 5.68. The van der Waals surface area contributed by atoms with Crippen molar-refractivity contribution in [3.63, 3.8) is 0 Å². The van der Waals surface area contributed by atoms with Crippen molar-refractivity contribution in [3.05, 3.63) is 35.2 Å². The monoisotopic (exact) mass is 508 g/mol. The molecule has 3 heterocycles. The Labute approximate surface area is 204 Å². The lowest BCUT2D eigenvalue weighted by Gasteiger charge is -2.40. The van der Waals surface area contributed by atoms with Crippen LogP contribution >= 0.6 is 0 Å². The SMILES string of the molecule is [C-]#[N+]c1ccc(N2C(=O)[C@@H]3[C@H](C2=O)C2(C)C[C@@H](CO[Si](C)(C)C(C)(C)C)C3(C)O2)cc1C(F)(F)F. The first-order valence-corrected chi connectivity index (χ1v) is 14.6. The largest absolute Gasteiger partial charge is 0.416 e. The van der Waals surface area contributed by atoms with Crippen LogP contribution in [0.15, 0.2) is 18.2 Å². The van der Waals surface area contributed by atoms with E-state index >= 15 is 0 Å². The Bertz CT molecular complexity index is 1140. The number of imide groups is 1. The lowest BCUT2D eigenvalue weighted by molar-refractivity contribution is -0.137. The van der Waals surface area contributed by atoms with Crippen molar-refractivity contribution in [2.45, 2.75) is 76.6 Å². The normalized spacial score (nSPS) is 32.8. The molecule has 0 N–H and O–H groups in total. The van der Waals surface area contributed by atoms with Crippen LogP contribution in [0.1, 0.15) is 46.6 Å². The second-order valence-electron chi connectivity index (χ2n) is 11.8. The molecule has 3 aliphatic heterocycles. The van der Waals surface area contributed by atoms with Crippen molar-refractivity contribution >= 4 is 31.5 Å². The summed E-state index contributed by atoms with van der Waals surface area (Å²) >= 11 is 0. The molecule has 190 valence electrons. The molecule has 5 atom stereocenters. The molecule has 0 spiro atoms. The van der Waals surface area contributed by atoms with Crippen LogP contribution < -0.4 is 4.90 Å². The van der Waals surface area contributed by atoms with E-state index in [1.807, 2.05) is 6.92 Å². The molecule has 1 aromatic rings. The minimum Gasteiger partial charge on any atom is -0.416 e. The van der Waals surface area contributed by atoms with Crippen LogP contribution in [-0.2, 0) is 24.9 Å². The number of rotatable bonds is 4. The quantitative estimate of drug-likeness (QED) is 0.286. The number of anilines is 1. The van der Waals surface area contributed by atoms with Gasteiger partial charge in [-0.1, -0.05) is 26.8 Å². The van der Waals surface area contributed by atoms with Crippen LogP contribution in [0.25, 0.3) is 4.85 Å². The zero-order valence-corrected chi connectivity index (χ0v) is 22.0. The minimum absolute atomic E-state index is 0.00243. The summed E-state index contributed by atoms with van der Waals surface area (Å²) in [5, 5.41) is 0.00243. The molecule has 3 aliphatic rings. The van der Waals surface area contributed by atoms with Gasteiger partial charge in [0.2, 0.25) is 11.8 Å². The molecule has 0 aromatic heterocycles. The average Bonchev–Trinajstić information content (AvgIpc) is 3.25. The van der Waals surface area contributed by atoms with Crippen LogP contribution in [0.3, 0.4) is 0 Å². The number of fused-ring (bicyclic) bond motifs is 5. The molecule has 2 bridgehead atoms. The molecule has 3 saturated heterocycles. The standard InChI is InChI=1S/C25H31F3N2O4Si/c1-22(2,3)35(7,8)33-13-14-12-23(4)18-19(24(14,5)34-23)21(32)30(20(18)31)15-9-10-17(29-6)16(11-15)25(26,27)28/h9-11,14,18-19H,12-13H2,1-5,7-8H3/t14-,18+,19-,23?,24?/m0/s1. The smallest absolute Gasteiger partial charge is 0.407 e. The summed E-state index contributed by atoms with van der Waals surface area (Å²) in [7, 11) is -2.07. The second-order valence-corrected chi connectivity index (χ2v) is 16.7. The maximum absolute atomic E-state index is 13.6. The van der Waals surface area contributed by atoms with Gasteiger partial charge >= 0.3 is 6.18 Å². The van der Waals surface area contributed by atoms with Crippen LogP contribution in [0.5, 0.6) is 0 Å². The van der Waals surface area contributed by atoms with E-state index < -0.39 is 60.6 Å². The van der Waals surface area contributed by atoms with Crippen LogP contribution in [0.4, 0.5) is 24.5 Å². The summed E-state index contributed by atoms with van der Waals surface area (Å²) in [6.45, 7) is 21.8. The minimum atomic E-state index is -4.79. The van der Waals surface area contributed by atoms with Gasteiger partial charge in [0.1, 0.15) is 0 Å². The van der Waals surface area contributed by atoms with Gasteiger partial charge in [-0.05, 0) is 50.5 Å². The molecule has 3 fully saturated rings. The van der Waals surface area contributed by atoms with E-state index in [0.29, 0.717) is 13.0 Å². The van der Waals surface area contributed by atoms with Gasteiger partial charge in [-0.25, -0.2) is 9.74 Å². The number of amides is 2. The molecular formula is C25H31F3N2O4Si. The molecule has 10 heteroatoms. The summed E-state index contributed by atoms with van der Waals surface area (Å²) in [4.78, 5) is 30.9. The number of carbonyl (C=O) groups excluding carboxylic acids is 2.